The molecule has 0 bridgehead atoms. The van der Waals surface area contributed by atoms with Gasteiger partial charge in [0, 0.05) is 11.8 Å². The van der Waals surface area contributed by atoms with E-state index in [1.165, 1.54) is 0 Å². The van der Waals surface area contributed by atoms with Gasteiger partial charge in [-0.25, -0.2) is 9.97 Å². The van der Waals surface area contributed by atoms with Crippen LogP contribution < -0.4 is 16.6 Å². The molecule has 3 aromatic heterocycles. The van der Waals surface area contributed by atoms with E-state index in [0.29, 0.717) is 29.0 Å². The van der Waals surface area contributed by atoms with E-state index in [4.69, 9.17) is 10.7 Å². The van der Waals surface area contributed by atoms with Crippen molar-refractivity contribution in [2.24, 2.45) is 0 Å². The van der Waals surface area contributed by atoms with E-state index in [2.05, 4.69) is 20.3 Å². The number of benzene rings is 2. The maximum Gasteiger partial charge on any atom is 0.266 e. The van der Waals surface area contributed by atoms with Crippen LogP contribution in [0.5, 0.6) is 0 Å². The molecule has 1 atom stereocenters. The van der Waals surface area contributed by atoms with Crippen molar-refractivity contribution >= 4 is 34.8 Å². The van der Waals surface area contributed by atoms with Crippen molar-refractivity contribution in [3.63, 3.8) is 0 Å². The number of nitrogen functional groups attached to an aromatic ring is 1. The predicted molar refractivity (Wildman–Crippen MR) is 158 cm³/mol. The zero-order chi connectivity index (χ0) is 27.5. The molecular formula is C31H31N7O. The third kappa shape index (κ3) is 5.13. The van der Waals surface area contributed by atoms with Crippen molar-refractivity contribution in [3.8, 4) is 5.69 Å². The van der Waals surface area contributed by atoms with Gasteiger partial charge in [-0.2, -0.15) is 4.98 Å². The molecule has 3 N–H and O–H groups in total. The average molecular weight is 518 g/mol. The zero-order valence-corrected chi connectivity index (χ0v) is 22.5. The fourth-order valence-electron chi connectivity index (χ4n) is 4.73. The normalized spacial score (nSPS) is 12.2. The fraction of sp³-hybridized carbons (Fsp3) is 0.194. The van der Waals surface area contributed by atoms with Gasteiger partial charge in [0.2, 0.25) is 5.95 Å². The summed E-state index contributed by atoms with van der Waals surface area (Å²) in [4.78, 5) is 32.4. The minimum Gasteiger partial charge on any atom is -0.368 e. The van der Waals surface area contributed by atoms with Gasteiger partial charge in [-0.3, -0.25) is 14.3 Å². The first kappa shape index (κ1) is 25.8. The molecule has 0 aliphatic carbocycles. The highest BCUT2D eigenvalue weighted by Crippen LogP contribution is 2.28. The zero-order valence-electron chi connectivity index (χ0n) is 22.5. The van der Waals surface area contributed by atoms with Crippen LogP contribution >= 0.6 is 0 Å². The third-order valence-electron chi connectivity index (χ3n) is 6.79. The number of hydrogen-bond acceptors (Lipinski definition) is 7. The molecule has 0 aliphatic rings. The number of rotatable bonds is 7. The molecule has 3 heterocycles. The average Bonchev–Trinajstić information content (AvgIpc) is 2.92. The molecule has 196 valence electrons. The molecule has 0 spiro atoms. The summed E-state index contributed by atoms with van der Waals surface area (Å²) in [7, 11) is 0. The molecule has 0 saturated heterocycles. The van der Waals surface area contributed by atoms with Crippen LogP contribution in [-0.4, -0.2) is 24.5 Å². The Morgan fingerprint density at radius 2 is 1.69 bits per heavy atom. The van der Waals surface area contributed by atoms with Crippen LogP contribution in [0, 0.1) is 20.8 Å². The Morgan fingerprint density at radius 3 is 2.44 bits per heavy atom. The van der Waals surface area contributed by atoms with Gasteiger partial charge < -0.3 is 11.1 Å². The van der Waals surface area contributed by atoms with Gasteiger partial charge in [0.15, 0.2) is 0 Å². The SMILES string of the molecule is CCC(Nc1nc(N)nc(C)c1C=Cc1ncccc1C)c1nc2cccc(C)c2c(=O)n1-c1ccccc1. The Balaban J connectivity index is 1.66. The van der Waals surface area contributed by atoms with Gasteiger partial charge in [-0.1, -0.05) is 43.3 Å². The largest absolute Gasteiger partial charge is 0.368 e. The van der Waals surface area contributed by atoms with E-state index >= 15 is 0 Å². The van der Waals surface area contributed by atoms with E-state index < -0.39 is 0 Å². The van der Waals surface area contributed by atoms with Crippen molar-refractivity contribution in [2.45, 2.75) is 40.2 Å². The van der Waals surface area contributed by atoms with Crippen molar-refractivity contribution in [2.75, 3.05) is 11.1 Å². The number of fused-ring (bicyclic) bond motifs is 1. The van der Waals surface area contributed by atoms with E-state index in [0.717, 1.165) is 33.8 Å². The molecule has 8 nitrogen and oxygen atoms in total. The van der Waals surface area contributed by atoms with Gasteiger partial charge in [0.25, 0.3) is 5.56 Å². The lowest BCUT2D eigenvalue weighted by atomic mass is 10.1. The number of anilines is 2. The first-order valence-electron chi connectivity index (χ1n) is 13.0. The highest BCUT2D eigenvalue weighted by Gasteiger charge is 2.22. The van der Waals surface area contributed by atoms with Crippen LogP contribution in [0.1, 0.15) is 53.3 Å². The lowest BCUT2D eigenvalue weighted by molar-refractivity contribution is 0.658. The van der Waals surface area contributed by atoms with E-state index in [1.54, 1.807) is 10.8 Å². The summed E-state index contributed by atoms with van der Waals surface area (Å²) in [5.41, 5.74) is 11.7. The topological polar surface area (TPSA) is 112 Å². The summed E-state index contributed by atoms with van der Waals surface area (Å²) in [6, 6.07) is 18.9. The molecule has 0 fully saturated rings. The number of pyridine rings is 1. The highest BCUT2D eigenvalue weighted by molar-refractivity contribution is 5.82. The van der Waals surface area contributed by atoms with Crippen LogP contribution in [0.15, 0.2) is 71.7 Å². The summed E-state index contributed by atoms with van der Waals surface area (Å²) in [6.07, 6.45) is 6.30. The Kier molecular flexibility index (Phi) is 7.19. The molecule has 5 aromatic rings. The van der Waals surface area contributed by atoms with Crippen LogP contribution in [0.3, 0.4) is 0 Å². The van der Waals surface area contributed by atoms with Crippen molar-refractivity contribution in [1.29, 1.82) is 0 Å². The monoisotopic (exact) mass is 517 g/mol. The van der Waals surface area contributed by atoms with Gasteiger partial charge in [-0.15, -0.1) is 0 Å². The molecule has 0 amide bonds. The molecule has 5 rings (SSSR count). The van der Waals surface area contributed by atoms with Crippen LogP contribution in [0.4, 0.5) is 11.8 Å². The van der Waals surface area contributed by atoms with E-state index in [-0.39, 0.29) is 17.5 Å². The number of hydrogen-bond donors (Lipinski definition) is 2. The smallest absolute Gasteiger partial charge is 0.266 e. The molecule has 0 saturated carbocycles. The summed E-state index contributed by atoms with van der Waals surface area (Å²) in [5.74, 6) is 1.32. The minimum absolute atomic E-state index is 0.108. The van der Waals surface area contributed by atoms with Gasteiger partial charge in [-0.05, 0) is 74.7 Å². The summed E-state index contributed by atoms with van der Waals surface area (Å²) < 4.78 is 1.70. The second-order valence-corrected chi connectivity index (χ2v) is 9.49. The van der Waals surface area contributed by atoms with Crippen molar-refractivity contribution in [3.05, 3.63) is 111 Å². The molecule has 8 heteroatoms. The van der Waals surface area contributed by atoms with Crippen molar-refractivity contribution < 1.29 is 0 Å². The number of para-hydroxylation sites is 1. The minimum atomic E-state index is -0.347. The lowest BCUT2D eigenvalue weighted by Crippen LogP contribution is -2.29. The Morgan fingerprint density at radius 1 is 0.923 bits per heavy atom. The van der Waals surface area contributed by atoms with E-state index in [1.807, 2.05) is 101 Å². The lowest BCUT2D eigenvalue weighted by Gasteiger charge is -2.23. The summed E-state index contributed by atoms with van der Waals surface area (Å²) in [6.45, 7) is 7.89. The molecule has 2 aromatic carbocycles. The van der Waals surface area contributed by atoms with Crippen LogP contribution in [-0.2, 0) is 0 Å². The van der Waals surface area contributed by atoms with E-state index in [9.17, 15) is 4.79 Å². The first-order chi connectivity index (χ1) is 18.9. The molecule has 0 aliphatic heterocycles. The second-order valence-electron chi connectivity index (χ2n) is 9.49. The highest BCUT2D eigenvalue weighted by atomic mass is 16.1. The Labute approximate surface area is 227 Å². The van der Waals surface area contributed by atoms with Gasteiger partial charge in [0.1, 0.15) is 11.6 Å². The number of nitrogens with one attached hydrogen (secondary N) is 1. The summed E-state index contributed by atoms with van der Waals surface area (Å²) >= 11 is 0. The van der Waals surface area contributed by atoms with Crippen molar-refractivity contribution in [1.82, 2.24) is 24.5 Å². The number of nitrogens with two attached hydrogens (primary N) is 1. The molecular weight excluding hydrogens is 486 g/mol. The van der Waals surface area contributed by atoms with Gasteiger partial charge in [0.05, 0.1) is 34.0 Å². The maximum absolute atomic E-state index is 13.9. The van der Waals surface area contributed by atoms with Crippen LogP contribution in [0.2, 0.25) is 0 Å². The first-order valence-corrected chi connectivity index (χ1v) is 13.0. The Bertz CT molecular complexity index is 1740. The third-order valence-corrected chi connectivity index (χ3v) is 6.79. The Hall–Kier alpha value is -4.85. The summed E-state index contributed by atoms with van der Waals surface area (Å²) in [5, 5.41) is 4.15. The van der Waals surface area contributed by atoms with Gasteiger partial charge >= 0.3 is 0 Å². The maximum atomic E-state index is 13.9. The molecule has 39 heavy (non-hydrogen) atoms. The standard InChI is InChI=1S/C31H31N7O/c1-5-24(35-28-23(21(4)34-31(32)37-28)16-17-25-19(2)12-10-18-33-25)29-36-26-15-9-11-20(3)27(26)30(39)38(29)22-13-7-6-8-14-22/h6-18,24H,5H2,1-4H3,(H3,32,34,35,37). The molecule has 1 unspecified atom stereocenters. The molecule has 0 radical (unpaired) electrons. The number of aryl methyl sites for hydroxylation is 3. The second kappa shape index (κ2) is 10.9. The fourth-order valence-corrected chi connectivity index (χ4v) is 4.73. The predicted octanol–water partition coefficient (Wildman–Crippen LogP) is 5.81. The number of nitrogens with zero attached hydrogens (tertiary/aromatic N) is 5. The van der Waals surface area contributed by atoms with Crippen LogP contribution in [0.25, 0.3) is 28.7 Å². The number of aromatic nitrogens is 5. The quantitative estimate of drug-likeness (QED) is 0.280.